The first-order chi connectivity index (χ1) is 5.11. The summed E-state index contributed by atoms with van der Waals surface area (Å²) in [5.41, 5.74) is 0. The summed E-state index contributed by atoms with van der Waals surface area (Å²) in [6.45, 7) is -0.0764. The van der Waals surface area contributed by atoms with Crippen LogP contribution in [0.15, 0.2) is 0 Å². The van der Waals surface area contributed by atoms with Crippen molar-refractivity contribution in [1.29, 1.82) is 0 Å². The molecule has 0 spiro atoms. The van der Waals surface area contributed by atoms with E-state index in [1.165, 1.54) is 0 Å². The van der Waals surface area contributed by atoms with Crippen LogP contribution in [0.3, 0.4) is 0 Å². The Hall–Kier alpha value is -1.39. The highest BCUT2D eigenvalue weighted by molar-refractivity contribution is 6.09. The van der Waals surface area contributed by atoms with Gasteiger partial charge >= 0.3 is 5.97 Å². The van der Waals surface area contributed by atoms with Crippen molar-refractivity contribution in [3.63, 3.8) is 0 Å². The van der Waals surface area contributed by atoms with Crippen LogP contribution >= 0.6 is 0 Å². The average Bonchev–Trinajstić information content (AvgIpc) is 1.85. The highest BCUT2D eigenvalue weighted by Gasteiger charge is 2.31. The first-order valence-corrected chi connectivity index (χ1v) is 3.13. The van der Waals surface area contributed by atoms with E-state index in [4.69, 9.17) is 5.11 Å². The van der Waals surface area contributed by atoms with Crippen molar-refractivity contribution in [1.82, 2.24) is 5.32 Å². The fourth-order valence-electron chi connectivity index (χ4n) is 0.899. The van der Waals surface area contributed by atoms with Gasteiger partial charge in [0, 0.05) is 6.54 Å². The minimum atomic E-state index is -1.17. The number of rotatable bonds is 1. The molecule has 2 N–H and O–H groups in total. The summed E-state index contributed by atoms with van der Waals surface area (Å²) in [4.78, 5) is 31.6. The molecule has 1 aliphatic rings. The van der Waals surface area contributed by atoms with Gasteiger partial charge in [0.25, 0.3) is 0 Å². The third-order valence-corrected chi connectivity index (χ3v) is 1.52. The van der Waals surface area contributed by atoms with E-state index >= 15 is 0 Å². The number of hydrogen-bond donors (Lipinski definition) is 2. The summed E-state index contributed by atoms with van der Waals surface area (Å²) in [5.74, 6) is -3.13. The second-order valence-corrected chi connectivity index (χ2v) is 2.34. The van der Waals surface area contributed by atoms with Crippen LogP contribution in [0, 0.1) is 5.92 Å². The zero-order valence-electron chi connectivity index (χ0n) is 5.66. The fourth-order valence-corrected chi connectivity index (χ4v) is 0.899. The Morgan fingerprint density at radius 2 is 2.18 bits per heavy atom. The Morgan fingerprint density at radius 1 is 1.55 bits per heavy atom. The Labute approximate surface area is 62.4 Å². The molecule has 60 valence electrons. The monoisotopic (exact) mass is 157 g/mol. The van der Waals surface area contributed by atoms with E-state index in [1.54, 1.807) is 0 Å². The van der Waals surface area contributed by atoms with Crippen LogP contribution < -0.4 is 5.32 Å². The Bertz CT molecular complexity index is 223. The van der Waals surface area contributed by atoms with Gasteiger partial charge in [0.05, 0.1) is 6.42 Å². The predicted octanol–water partition coefficient (Wildman–Crippen LogP) is -1.22. The lowest BCUT2D eigenvalue weighted by molar-refractivity contribution is -0.148. The lowest BCUT2D eigenvalue weighted by Gasteiger charge is -2.16. The maximum atomic E-state index is 10.8. The highest BCUT2D eigenvalue weighted by Crippen LogP contribution is 2.05. The smallest absolute Gasteiger partial charge is 0.315 e. The van der Waals surface area contributed by atoms with Gasteiger partial charge < -0.3 is 10.4 Å². The van der Waals surface area contributed by atoms with E-state index in [2.05, 4.69) is 5.32 Å². The van der Waals surface area contributed by atoms with Gasteiger partial charge in [0.2, 0.25) is 5.91 Å². The van der Waals surface area contributed by atoms with Crippen molar-refractivity contribution in [2.45, 2.75) is 6.42 Å². The largest absolute Gasteiger partial charge is 0.481 e. The summed E-state index contributed by atoms with van der Waals surface area (Å²) in [6.07, 6.45) is -0.309. The van der Waals surface area contributed by atoms with Crippen molar-refractivity contribution in [3.05, 3.63) is 0 Å². The van der Waals surface area contributed by atoms with Crippen molar-refractivity contribution in [2.24, 2.45) is 5.92 Å². The first-order valence-electron chi connectivity index (χ1n) is 3.13. The number of carboxylic acids is 1. The van der Waals surface area contributed by atoms with Gasteiger partial charge in [-0.05, 0) is 0 Å². The first kappa shape index (κ1) is 7.71. The quantitative estimate of drug-likeness (QED) is 0.467. The molecule has 0 aromatic heterocycles. The van der Waals surface area contributed by atoms with Crippen LogP contribution in [-0.2, 0) is 14.4 Å². The van der Waals surface area contributed by atoms with Gasteiger partial charge in [0.1, 0.15) is 5.92 Å². The SMILES string of the molecule is O=C1CC(=O)C(C(=O)O)CN1. The molecule has 1 atom stereocenters. The number of aliphatic carboxylic acids is 1. The van der Waals surface area contributed by atoms with Crippen molar-refractivity contribution < 1.29 is 19.5 Å². The van der Waals surface area contributed by atoms with Gasteiger partial charge in [-0.3, -0.25) is 14.4 Å². The van der Waals surface area contributed by atoms with Crippen LogP contribution in [0.4, 0.5) is 0 Å². The van der Waals surface area contributed by atoms with Crippen LogP contribution in [0.1, 0.15) is 6.42 Å². The van der Waals surface area contributed by atoms with E-state index in [1.807, 2.05) is 0 Å². The van der Waals surface area contributed by atoms with Gasteiger partial charge in [-0.1, -0.05) is 0 Å². The molecule has 5 heteroatoms. The third-order valence-electron chi connectivity index (χ3n) is 1.52. The van der Waals surface area contributed by atoms with E-state index in [-0.39, 0.29) is 13.0 Å². The predicted molar refractivity (Wildman–Crippen MR) is 33.8 cm³/mol. The number of hydrogen-bond acceptors (Lipinski definition) is 3. The van der Waals surface area contributed by atoms with E-state index in [9.17, 15) is 14.4 Å². The average molecular weight is 157 g/mol. The Morgan fingerprint density at radius 3 is 2.64 bits per heavy atom. The summed E-state index contributed by atoms with van der Waals surface area (Å²) in [5, 5.41) is 10.7. The number of carbonyl (C=O) groups is 3. The minimum absolute atomic E-state index is 0.0764. The van der Waals surface area contributed by atoms with Crippen molar-refractivity contribution in [2.75, 3.05) is 6.54 Å². The van der Waals surface area contributed by atoms with Gasteiger partial charge in [0.15, 0.2) is 5.78 Å². The molecule has 0 aromatic carbocycles. The standard InChI is InChI=1S/C6H7NO4/c8-4-1-5(9)7-2-3(4)6(10)11/h3H,1-2H2,(H,7,9)(H,10,11). The summed E-state index contributed by atoms with van der Waals surface area (Å²) < 4.78 is 0. The zero-order valence-corrected chi connectivity index (χ0v) is 5.66. The lowest BCUT2D eigenvalue weighted by atomic mass is 9.98. The zero-order chi connectivity index (χ0) is 8.43. The van der Waals surface area contributed by atoms with Gasteiger partial charge in [-0.15, -0.1) is 0 Å². The molecule has 1 unspecified atom stereocenters. The van der Waals surface area contributed by atoms with Gasteiger partial charge in [-0.25, -0.2) is 0 Å². The topological polar surface area (TPSA) is 83.5 Å². The molecule has 1 fully saturated rings. The van der Waals surface area contributed by atoms with Crippen LogP contribution in [0.25, 0.3) is 0 Å². The molecule has 0 radical (unpaired) electrons. The van der Waals surface area contributed by atoms with Crippen LogP contribution in [-0.4, -0.2) is 29.3 Å². The van der Waals surface area contributed by atoms with E-state index in [0.717, 1.165) is 0 Å². The van der Waals surface area contributed by atoms with Gasteiger partial charge in [-0.2, -0.15) is 0 Å². The maximum absolute atomic E-state index is 10.8. The molecule has 0 aliphatic carbocycles. The molecule has 5 nitrogen and oxygen atoms in total. The van der Waals surface area contributed by atoms with E-state index < -0.39 is 23.6 Å². The van der Waals surface area contributed by atoms with E-state index in [0.29, 0.717) is 0 Å². The lowest BCUT2D eigenvalue weighted by Crippen LogP contribution is -2.44. The third kappa shape index (κ3) is 1.54. The van der Waals surface area contributed by atoms with Crippen molar-refractivity contribution >= 4 is 17.7 Å². The molecule has 1 rings (SSSR count). The molecule has 0 bridgehead atoms. The number of carboxylic acid groups (broad SMARTS) is 1. The number of Topliss-reactive ketones (excluding diaryl/α,β-unsaturated/α-hetero) is 1. The second kappa shape index (κ2) is 2.69. The molecule has 11 heavy (non-hydrogen) atoms. The number of piperidine rings is 1. The van der Waals surface area contributed by atoms with Crippen molar-refractivity contribution in [3.8, 4) is 0 Å². The number of ketones is 1. The molecular formula is C6H7NO4. The molecular weight excluding hydrogens is 150 g/mol. The fraction of sp³-hybridized carbons (Fsp3) is 0.500. The Kier molecular flexibility index (Phi) is 1.89. The molecule has 0 aromatic rings. The van der Waals surface area contributed by atoms with Crippen LogP contribution in [0.2, 0.25) is 0 Å². The van der Waals surface area contributed by atoms with Crippen LogP contribution in [0.5, 0.6) is 0 Å². The molecule has 1 amide bonds. The minimum Gasteiger partial charge on any atom is -0.481 e. The number of carbonyl (C=O) groups excluding carboxylic acids is 2. The summed E-state index contributed by atoms with van der Waals surface area (Å²) >= 11 is 0. The summed E-state index contributed by atoms with van der Waals surface area (Å²) in [7, 11) is 0. The number of nitrogens with one attached hydrogen (secondary N) is 1. The normalized spacial score (nSPS) is 24.5. The highest BCUT2D eigenvalue weighted by atomic mass is 16.4. The molecule has 1 heterocycles. The second-order valence-electron chi connectivity index (χ2n) is 2.34. The maximum Gasteiger partial charge on any atom is 0.315 e. The Balaban J connectivity index is 2.65. The molecule has 1 aliphatic heterocycles. The summed E-state index contributed by atoms with van der Waals surface area (Å²) in [6, 6.07) is 0. The molecule has 0 saturated carbocycles. The molecule has 1 saturated heterocycles. The number of amides is 1.